The van der Waals surface area contributed by atoms with Gasteiger partial charge in [-0.25, -0.2) is 4.79 Å². The van der Waals surface area contributed by atoms with Crippen LogP contribution in [0.5, 0.6) is 0 Å². The van der Waals surface area contributed by atoms with E-state index in [1.54, 1.807) is 0 Å². The van der Waals surface area contributed by atoms with Crippen LogP contribution in [-0.2, 0) is 11.2 Å². The van der Waals surface area contributed by atoms with Gasteiger partial charge in [-0.3, -0.25) is 0 Å². The highest BCUT2D eigenvalue weighted by atomic mass is 79.9. The number of halogens is 1. The summed E-state index contributed by atoms with van der Waals surface area (Å²) in [5.41, 5.74) is -1.69. The number of aryl methyl sites for hydroxylation is 1. The van der Waals surface area contributed by atoms with Crippen LogP contribution < -0.4 is 0 Å². The number of thiophene rings is 1. The van der Waals surface area contributed by atoms with Crippen molar-refractivity contribution in [1.29, 1.82) is 0 Å². The maximum atomic E-state index is 10.7. The van der Waals surface area contributed by atoms with Crippen molar-refractivity contribution in [3.8, 4) is 0 Å². The molecular formula is C9H11BrO3S. The van der Waals surface area contributed by atoms with Crippen LogP contribution in [0.3, 0.4) is 0 Å². The van der Waals surface area contributed by atoms with Gasteiger partial charge in [0, 0.05) is 20.6 Å². The number of carboxylic acid groups (broad SMARTS) is 1. The highest BCUT2D eigenvalue weighted by Crippen LogP contribution is 2.30. The number of hydrogen-bond acceptors (Lipinski definition) is 3. The summed E-state index contributed by atoms with van der Waals surface area (Å²) in [6, 6.07) is 1.91. The molecule has 0 aliphatic heterocycles. The third kappa shape index (κ3) is 2.56. The quantitative estimate of drug-likeness (QED) is 0.891. The Morgan fingerprint density at radius 2 is 2.29 bits per heavy atom. The van der Waals surface area contributed by atoms with Crippen molar-refractivity contribution in [2.24, 2.45) is 0 Å². The zero-order valence-corrected chi connectivity index (χ0v) is 10.3. The molecule has 1 atom stereocenters. The van der Waals surface area contributed by atoms with Gasteiger partial charge in [0.05, 0.1) is 0 Å². The molecule has 2 N–H and O–H groups in total. The fourth-order valence-corrected chi connectivity index (χ4v) is 2.99. The molecule has 0 aromatic carbocycles. The molecule has 0 aliphatic carbocycles. The first-order valence-corrected chi connectivity index (χ1v) is 5.64. The molecule has 0 saturated heterocycles. The van der Waals surface area contributed by atoms with E-state index in [9.17, 15) is 9.90 Å². The molecule has 14 heavy (non-hydrogen) atoms. The second-order valence-electron chi connectivity index (χ2n) is 3.38. The van der Waals surface area contributed by atoms with Crippen LogP contribution in [0.25, 0.3) is 0 Å². The van der Waals surface area contributed by atoms with Crippen molar-refractivity contribution < 1.29 is 15.0 Å². The van der Waals surface area contributed by atoms with Gasteiger partial charge in [-0.15, -0.1) is 11.3 Å². The number of aliphatic carboxylic acids is 1. The third-order valence-electron chi connectivity index (χ3n) is 1.85. The Hall–Kier alpha value is -0.390. The molecule has 1 aromatic heterocycles. The molecule has 0 fully saturated rings. The molecule has 0 aliphatic rings. The van der Waals surface area contributed by atoms with E-state index < -0.39 is 11.6 Å². The second kappa shape index (κ2) is 4.00. The fraction of sp³-hybridized carbons (Fsp3) is 0.444. The zero-order chi connectivity index (χ0) is 10.9. The van der Waals surface area contributed by atoms with Gasteiger partial charge in [0.2, 0.25) is 0 Å². The van der Waals surface area contributed by atoms with Gasteiger partial charge >= 0.3 is 5.97 Å². The van der Waals surface area contributed by atoms with E-state index in [1.807, 2.05) is 13.0 Å². The summed E-state index contributed by atoms with van der Waals surface area (Å²) in [6.45, 7) is 3.24. The zero-order valence-electron chi connectivity index (χ0n) is 7.87. The minimum absolute atomic E-state index is 0.126. The fourth-order valence-electron chi connectivity index (χ4n) is 1.04. The Morgan fingerprint density at radius 3 is 2.64 bits per heavy atom. The van der Waals surface area contributed by atoms with Crippen molar-refractivity contribution in [3.05, 3.63) is 20.3 Å². The molecule has 78 valence electrons. The van der Waals surface area contributed by atoms with Crippen molar-refractivity contribution >= 4 is 33.2 Å². The van der Waals surface area contributed by atoms with E-state index >= 15 is 0 Å². The molecule has 3 nitrogen and oxygen atoms in total. The van der Waals surface area contributed by atoms with Gasteiger partial charge in [-0.05, 0) is 35.8 Å². The van der Waals surface area contributed by atoms with Gasteiger partial charge in [0.1, 0.15) is 0 Å². The largest absolute Gasteiger partial charge is 0.479 e. The Labute approximate surface area is 94.5 Å². The Morgan fingerprint density at radius 1 is 1.71 bits per heavy atom. The van der Waals surface area contributed by atoms with Crippen LogP contribution in [-0.4, -0.2) is 21.8 Å². The van der Waals surface area contributed by atoms with E-state index in [0.717, 1.165) is 14.2 Å². The van der Waals surface area contributed by atoms with Crippen molar-refractivity contribution in [2.45, 2.75) is 25.9 Å². The molecule has 1 heterocycles. The SMILES string of the molecule is Cc1cc(Br)c(CC(C)(O)C(=O)O)s1. The van der Waals surface area contributed by atoms with Gasteiger partial charge in [-0.2, -0.15) is 0 Å². The summed E-state index contributed by atoms with van der Waals surface area (Å²) in [6.07, 6.45) is 0.126. The molecule has 0 amide bonds. The average molecular weight is 279 g/mol. The number of carbonyl (C=O) groups is 1. The molecule has 1 rings (SSSR count). The second-order valence-corrected chi connectivity index (χ2v) is 5.58. The highest BCUT2D eigenvalue weighted by molar-refractivity contribution is 9.10. The number of rotatable bonds is 3. The van der Waals surface area contributed by atoms with Crippen molar-refractivity contribution in [2.75, 3.05) is 0 Å². The summed E-state index contributed by atoms with van der Waals surface area (Å²) in [7, 11) is 0. The first-order chi connectivity index (χ1) is 6.33. The van der Waals surface area contributed by atoms with E-state index in [2.05, 4.69) is 15.9 Å². The highest BCUT2D eigenvalue weighted by Gasteiger charge is 2.31. The molecule has 1 unspecified atom stereocenters. The number of hydrogen-bond donors (Lipinski definition) is 2. The van der Waals surface area contributed by atoms with Crippen molar-refractivity contribution in [3.63, 3.8) is 0 Å². The summed E-state index contributed by atoms with van der Waals surface area (Å²) in [5, 5.41) is 18.3. The van der Waals surface area contributed by atoms with E-state index in [-0.39, 0.29) is 6.42 Å². The first kappa shape index (κ1) is 11.7. The van der Waals surface area contributed by atoms with Crippen LogP contribution in [0, 0.1) is 6.92 Å². The molecular weight excluding hydrogens is 268 g/mol. The first-order valence-electron chi connectivity index (χ1n) is 4.03. The number of aliphatic hydroxyl groups is 1. The normalized spacial score (nSPS) is 15.1. The maximum Gasteiger partial charge on any atom is 0.335 e. The standard InChI is InChI=1S/C9H11BrO3S/c1-5-3-6(10)7(14-5)4-9(2,13)8(11)12/h3,13H,4H2,1-2H3,(H,11,12). The van der Waals surface area contributed by atoms with E-state index in [1.165, 1.54) is 18.3 Å². The third-order valence-corrected chi connectivity index (χ3v) is 3.87. The molecule has 0 radical (unpaired) electrons. The van der Waals surface area contributed by atoms with Gasteiger partial charge in [0.25, 0.3) is 0 Å². The molecule has 1 aromatic rings. The van der Waals surface area contributed by atoms with Crippen LogP contribution >= 0.6 is 27.3 Å². The van der Waals surface area contributed by atoms with Crippen LogP contribution in [0.1, 0.15) is 16.7 Å². The monoisotopic (exact) mass is 278 g/mol. The Balaban J connectivity index is 2.88. The Bertz CT molecular complexity index is 357. The van der Waals surface area contributed by atoms with Gasteiger partial charge in [0.15, 0.2) is 5.60 Å². The van der Waals surface area contributed by atoms with Crippen LogP contribution in [0.4, 0.5) is 0 Å². The lowest BCUT2D eigenvalue weighted by molar-refractivity contribution is -0.156. The minimum Gasteiger partial charge on any atom is -0.479 e. The topological polar surface area (TPSA) is 57.5 Å². The summed E-state index contributed by atoms with van der Waals surface area (Å²) in [5.74, 6) is -1.20. The lowest BCUT2D eigenvalue weighted by atomic mass is 10.0. The predicted molar refractivity (Wildman–Crippen MR) is 58.7 cm³/mol. The van der Waals surface area contributed by atoms with E-state index in [0.29, 0.717) is 0 Å². The van der Waals surface area contributed by atoms with E-state index in [4.69, 9.17) is 5.11 Å². The lowest BCUT2D eigenvalue weighted by Gasteiger charge is -2.16. The summed E-state index contributed by atoms with van der Waals surface area (Å²) < 4.78 is 0.863. The average Bonchev–Trinajstić information content (AvgIpc) is 2.29. The Kier molecular flexibility index (Phi) is 3.34. The summed E-state index contributed by atoms with van der Waals surface area (Å²) >= 11 is 4.81. The van der Waals surface area contributed by atoms with Crippen LogP contribution in [0.15, 0.2) is 10.5 Å². The smallest absolute Gasteiger partial charge is 0.335 e. The van der Waals surface area contributed by atoms with Gasteiger partial charge < -0.3 is 10.2 Å². The molecule has 5 heteroatoms. The number of carboxylic acids is 1. The van der Waals surface area contributed by atoms with Gasteiger partial charge in [-0.1, -0.05) is 0 Å². The maximum absolute atomic E-state index is 10.7. The summed E-state index contributed by atoms with van der Waals surface area (Å²) in [4.78, 5) is 12.6. The van der Waals surface area contributed by atoms with Crippen LogP contribution in [0.2, 0.25) is 0 Å². The lowest BCUT2D eigenvalue weighted by Crippen LogP contribution is -2.36. The molecule has 0 saturated carbocycles. The van der Waals surface area contributed by atoms with Crippen molar-refractivity contribution in [1.82, 2.24) is 0 Å². The molecule has 0 spiro atoms. The minimum atomic E-state index is -1.69. The molecule has 0 bridgehead atoms. The predicted octanol–water partition coefficient (Wildman–Crippen LogP) is 2.20.